The molecule has 0 fully saturated rings. The fraction of sp³-hybridized carbons (Fsp3) is 0.429. The van der Waals surface area contributed by atoms with Crippen LogP contribution in [0.4, 0.5) is 0 Å². The monoisotopic (exact) mass is 353 g/mol. The Kier molecular flexibility index (Phi) is 5.76. The van der Waals surface area contributed by atoms with Gasteiger partial charge in [0.25, 0.3) is 5.91 Å². The van der Waals surface area contributed by atoms with Crippen LogP contribution >= 0.6 is 0 Å². The SMILES string of the molecule is CC(C)CN1C(=O)c2cccn2CC1C(=O)NCCCc1ccccc1. The van der Waals surface area contributed by atoms with Gasteiger partial charge in [0.15, 0.2) is 0 Å². The Hall–Kier alpha value is -2.56. The highest BCUT2D eigenvalue weighted by Gasteiger charge is 2.36. The van der Waals surface area contributed by atoms with Crippen molar-refractivity contribution in [2.45, 2.75) is 39.3 Å². The summed E-state index contributed by atoms with van der Waals surface area (Å²) in [5.41, 5.74) is 1.94. The molecule has 0 saturated carbocycles. The number of rotatable bonds is 7. The van der Waals surface area contributed by atoms with Crippen molar-refractivity contribution in [1.29, 1.82) is 0 Å². The van der Waals surface area contributed by atoms with E-state index in [4.69, 9.17) is 0 Å². The van der Waals surface area contributed by atoms with Gasteiger partial charge >= 0.3 is 0 Å². The molecular weight excluding hydrogens is 326 g/mol. The fourth-order valence-corrected chi connectivity index (χ4v) is 3.44. The minimum absolute atomic E-state index is 0.0561. The van der Waals surface area contributed by atoms with Crippen LogP contribution in [0.2, 0.25) is 0 Å². The van der Waals surface area contributed by atoms with Crippen molar-refractivity contribution >= 4 is 11.8 Å². The molecule has 0 radical (unpaired) electrons. The molecule has 2 heterocycles. The molecule has 1 atom stereocenters. The van der Waals surface area contributed by atoms with Crippen LogP contribution in [0, 0.1) is 5.92 Å². The molecule has 1 aromatic carbocycles. The van der Waals surface area contributed by atoms with Crippen LogP contribution in [0.1, 0.15) is 36.3 Å². The lowest BCUT2D eigenvalue weighted by atomic mass is 10.1. The topological polar surface area (TPSA) is 54.3 Å². The van der Waals surface area contributed by atoms with Crippen LogP contribution in [-0.4, -0.2) is 40.4 Å². The summed E-state index contributed by atoms with van der Waals surface area (Å²) in [6.07, 6.45) is 3.69. The number of carbonyl (C=O) groups is 2. The average molecular weight is 353 g/mol. The summed E-state index contributed by atoms with van der Waals surface area (Å²) < 4.78 is 1.88. The number of benzene rings is 1. The summed E-state index contributed by atoms with van der Waals surface area (Å²) in [5.74, 6) is 0.194. The van der Waals surface area contributed by atoms with Crippen LogP contribution in [0.15, 0.2) is 48.7 Å². The third-order valence-corrected chi connectivity index (χ3v) is 4.70. The predicted molar refractivity (Wildman–Crippen MR) is 102 cm³/mol. The molecule has 1 unspecified atom stereocenters. The number of nitrogens with one attached hydrogen (secondary N) is 1. The number of hydrogen-bond donors (Lipinski definition) is 1. The summed E-state index contributed by atoms with van der Waals surface area (Å²) >= 11 is 0. The van der Waals surface area contributed by atoms with Gasteiger partial charge in [-0.15, -0.1) is 0 Å². The van der Waals surface area contributed by atoms with Crippen LogP contribution in [-0.2, 0) is 17.8 Å². The first-order chi connectivity index (χ1) is 12.6. The Labute approximate surface area is 155 Å². The second-order valence-electron chi connectivity index (χ2n) is 7.29. The normalized spacial score (nSPS) is 16.7. The lowest BCUT2D eigenvalue weighted by Gasteiger charge is -2.36. The first-order valence-corrected chi connectivity index (χ1v) is 9.34. The molecule has 2 amide bonds. The Balaban J connectivity index is 1.60. The van der Waals surface area contributed by atoms with Crippen molar-refractivity contribution in [2.24, 2.45) is 5.92 Å². The van der Waals surface area contributed by atoms with Crippen molar-refractivity contribution in [3.63, 3.8) is 0 Å². The van der Waals surface area contributed by atoms with Gasteiger partial charge in [0.05, 0.1) is 6.54 Å². The van der Waals surface area contributed by atoms with E-state index in [9.17, 15) is 9.59 Å². The van der Waals surface area contributed by atoms with Crippen molar-refractivity contribution in [2.75, 3.05) is 13.1 Å². The first kappa shape index (κ1) is 18.2. The van der Waals surface area contributed by atoms with Crippen LogP contribution in [0.5, 0.6) is 0 Å². The maximum Gasteiger partial charge on any atom is 0.271 e. The Morgan fingerprint density at radius 2 is 1.96 bits per heavy atom. The van der Waals surface area contributed by atoms with Crippen molar-refractivity contribution in [1.82, 2.24) is 14.8 Å². The standard InChI is InChI=1S/C21H27N3O2/c1-16(2)14-24-19(15-23-13-7-11-18(23)21(24)26)20(25)22-12-6-10-17-8-4-3-5-9-17/h3-5,7-9,11,13,16,19H,6,10,12,14-15H2,1-2H3,(H,22,25). The number of hydrogen-bond acceptors (Lipinski definition) is 2. The zero-order chi connectivity index (χ0) is 18.5. The molecule has 0 aliphatic carbocycles. The summed E-state index contributed by atoms with van der Waals surface area (Å²) in [5, 5.41) is 3.02. The van der Waals surface area contributed by atoms with E-state index in [0.29, 0.717) is 31.2 Å². The number of carbonyl (C=O) groups excluding carboxylic acids is 2. The third-order valence-electron chi connectivity index (χ3n) is 4.70. The molecule has 1 N–H and O–H groups in total. The molecule has 138 valence electrons. The van der Waals surface area contributed by atoms with Crippen molar-refractivity contribution < 1.29 is 9.59 Å². The number of nitrogens with zero attached hydrogens (tertiary/aromatic N) is 2. The molecule has 1 aromatic heterocycles. The van der Waals surface area contributed by atoms with E-state index in [2.05, 4.69) is 31.3 Å². The molecule has 2 aromatic rings. The van der Waals surface area contributed by atoms with E-state index in [1.165, 1.54) is 5.56 Å². The van der Waals surface area contributed by atoms with Gasteiger partial charge in [-0.3, -0.25) is 9.59 Å². The van der Waals surface area contributed by atoms with Crippen LogP contribution < -0.4 is 5.32 Å². The molecular formula is C21H27N3O2. The fourth-order valence-electron chi connectivity index (χ4n) is 3.44. The van der Waals surface area contributed by atoms with Gasteiger partial charge in [-0.05, 0) is 36.5 Å². The quantitative estimate of drug-likeness (QED) is 0.778. The number of aryl methyl sites for hydroxylation is 1. The molecule has 5 heteroatoms. The minimum atomic E-state index is -0.443. The molecule has 26 heavy (non-hydrogen) atoms. The highest BCUT2D eigenvalue weighted by Crippen LogP contribution is 2.20. The zero-order valence-electron chi connectivity index (χ0n) is 15.5. The van der Waals surface area contributed by atoms with Gasteiger partial charge in [-0.2, -0.15) is 0 Å². The molecule has 5 nitrogen and oxygen atoms in total. The number of aromatic nitrogens is 1. The smallest absolute Gasteiger partial charge is 0.271 e. The molecule has 1 aliphatic rings. The minimum Gasteiger partial charge on any atom is -0.354 e. The highest BCUT2D eigenvalue weighted by molar-refractivity contribution is 5.97. The van der Waals surface area contributed by atoms with E-state index in [1.807, 2.05) is 41.1 Å². The summed E-state index contributed by atoms with van der Waals surface area (Å²) in [7, 11) is 0. The maximum absolute atomic E-state index is 12.8. The van der Waals surface area contributed by atoms with E-state index >= 15 is 0 Å². The van der Waals surface area contributed by atoms with E-state index < -0.39 is 6.04 Å². The van der Waals surface area contributed by atoms with Gasteiger partial charge in [0.2, 0.25) is 5.91 Å². The van der Waals surface area contributed by atoms with E-state index in [0.717, 1.165) is 12.8 Å². The lowest BCUT2D eigenvalue weighted by molar-refractivity contribution is -0.126. The summed E-state index contributed by atoms with van der Waals surface area (Å²) in [4.78, 5) is 27.3. The molecule has 0 spiro atoms. The second-order valence-corrected chi connectivity index (χ2v) is 7.29. The average Bonchev–Trinajstić information content (AvgIpc) is 3.10. The summed E-state index contributed by atoms with van der Waals surface area (Å²) in [6, 6.07) is 13.5. The molecule has 0 saturated heterocycles. The molecule has 3 rings (SSSR count). The largest absolute Gasteiger partial charge is 0.354 e. The predicted octanol–water partition coefficient (Wildman–Crippen LogP) is 2.72. The van der Waals surface area contributed by atoms with Gasteiger partial charge in [-0.1, -0.05) is 44.2 Å². The third kappa shape index (κ3) is 4.15. The lowest BCUT2D eigenvalue weighted by Crippen LogP contribution is -2.56. The van der Waals surface area contributed by atoms with Crippen molar-refractivity contribution in [3.05, 3.63) is 59.9 Å². The zero-order valence-corrected chi connectivity index (χ0v) is 15.5. The Morgan fingerprint density at radius 3 is 2.69 bits per heavy atom. The summed E-state index contributed by atoms with van der Waals surface area (Å²) in [6.45, 7) is 5.86. The van der Waals surface area contributed by atoms with Crippen molar-refractivity contribution in [3.8, 4) is 0 Å². The van der Waals surface area contributed by atoms with Crippen LogP contribution in [0.25, 0.3) is 0 Å². The molecule has 0 bridgehead atoms. The Bertz CT molecular complexity index is 752. The maximum atomic E-state index is 12.8. The molecule has 1 aliphatic heterocycles. The van der Waals surface area contributed by atoms with Gasteiger partial charge < -0.3 is 14.8 Å². The van der Waals surface area contributed by atoms with Gasteiger partial charge in [0.1, 0.15) is 11.7 Å². The second kappa shape index (κ2) is 8.21. The highest BCUT2D eigenvalue weighted by atomic mass is 16.2. The number of amides is 2. The van der Waals surface area contributed by atoms with Gasteiger partial charge in [0, 0.05) is 19.3 Å². The van der Waals surface area contributed by atoms with E-state index in [-0.39, 0.29) is 11.8 Å². The Morgan fingerprint density at radius 1 is 1.19 bits per heavy atom. The number of fused-ring (bicyclic) bond motifs is 1. The van der Waals surface area contributed by atoms with Crippen LogP contribution in [0.3, 0.4) is 0 Å². The first-order valence-electron chi connectivity index (χ1n) is 9.34. The van der Waals surface area contributed by atoms with E-state index in [1.54, 1.807) is 4.90 Å². The van der Waals surface area contributed by atoms with Gasteiger partial charge in [-0.25, -0.2) is 0 Å².